The molecule has 8 heteroatoms. The first-order valence-corrected chi connectivity index (χ1v) is 11.2. The van der Waals surface area contributed by atoms with Crippen LogP contribution in [0.5, 0.6) is 11.5 Å². The van der Waals surface area contributed by atoms with Gasteiger partial charge in [0.15, 0.2) is 0 Å². The number of carboxylic acids is 1. The Hall–Kier alpha value is -3.81. The second-order valence-corrected chi connectivity index (χ2v) is 8.95. The van der Waals surface area contributed by atoms with E-state index in [0.717, 1.165) is 17.3 Å². The minimum Gasteiger partial charge on any atom is -0.478 e. The average molecular weight is 464 g/mol. The molecule has 7 nitrogen and oxygen atoms in total. The Morgan fingerprint density at radius 3 is 2.47 bits per heavy atom. The summed E-state index contributed by atoms with van der Waals surface area (Å²) in [6.07, 6.45) is 0.439. The summed E-state index contributed by atoms with van der Waals surface area (Å²) in [6.45, 7) is 6.79. The Kier molecular flexibility index (Phi) is 6.58. The molecule has 34 heavy (non-hydrogen) atoms. The minimum absolute atomic E-state index is 0.0184. The summed E-state index contributed by atoms with van der Waals surface area (Å²) in [5, 5.41) is 17.9. The van der Waals surface area contributed by atoms with E-state index in [1.54, 1.807) is 17.0 Å². The number of carbonyl (C=O) groups excluding carboxylic acids is 1. The van der Waals surface area contributed by atoms with Crippen molar-refractivity contribution in [2.24, 2.45) is 5.92 Å². The van der Waals surface area contributed by atoms with Crippen LogP contribution in [0.1, 0.15) is 54.7 Å². The fourth-order valence-electron chi connectivity index (χ4n) is 3.93. The molecule has 2 heterocycles. The number of carbonyl (C=O) groups is 2. The smallest absolute Gasteiger partial charge is 0.338 e. The summed E-state index contributed by atoms with van der Waals surface area (Å²) < 4.78 is 20.4. The molecule has 2 aromatic carbocycles. The van der Waals surface area contributed by atoms with Crippen molar-refractivity contribution in [2.45, 2.75) is 39.7 Å². The van der Waals surface area contributed by atoms with Gasteiger partial charge < -0.3 is 14.7 Å². The molecule has 1 unspecified atom stereocenters. The molecule has 1 aliphatic heterocycles. The standard InChI is InChI=1S/C26H26FN3O4/c1-15(2)22-8-9-23(29-28-22)17-4-6-19(7-5-17)34-24-12-20(26(32)33)21(27)11-18(24)14-30-13-16(3)10-25(30)31/h4-9,11-12,15-16H,10,13-14H2,1-3H3,(H,32,33). The van der Waals surface area contributed by atoms with E-state index in [0.29, 0.717) is 30.0 Å². The van der Waals surface area contributed by atoms with Gasteiger partial charge in [-0.15, -0.1) is 0 Å². The Labute approximate surface area is 197 Å². The molecule has 0 spiro atoms. The summed E-state index contributed by atoms with van der Waals surface area (Å²) in [6, 6.07) is 13.2. The van der Waals surface area contributed by atoms with Crippen LogP contribution in [0.2, 0.25) is 0 Å². The first kappa shape index (κ1) is 23.4. The molecule has 1 atom stereocenters. The van der Waals surface area contributed by atoms with Crippen LogP contribution in [0, 0.1) is 11.7 Å². The summed E-state index contributed by atoms with van der Waals surface area (Å²) in [5.74, 6) is -1.13. The highest BCUT2D eigenvalue weighted by atomic mass is 19.1. The minimum atomic E-state index is -1.39. The molecule has 0 bridgehead atoms. The summed E-state index contributed by atoms with van der Waals surface area (Å²) in [7, 11) is 0. The lowest BCUT2D eigenvalue weighted by atomic mass is 10.1. The molecular formula is C26H26FN3O4. The zero-order valence-corrected chi connectivity index (χ0v) is 19.3. The van der Waals surface area contributed by atoms with Crippen molar-refractivity contribution >= 4 is 11.9 Å². The molecule has 1 N–H and O–H groups in total. The fourth-order valence-corrected chi connectivity index (χ4v) is 3.93. The third-order valence-corrected chi connectivity index (χ3v) is 5.80. The predicted molar refractivity (Wildman–Crippen MR) is 124 cm³/mol. The lowest BCUT2D eigenvalue weighted by molar-refractivity contribution is -0.128. The van der Waals surface area contributed by atoms with Gasteiger partial charge in [0.2, 0.25) is 5.91 Å². The highest BCUT2D eigenvalue weighted by Gasteiger charge is 2.28. The Morgan fingerprint density at radius 2 is 1.91 bits per heavy atom. The van der Waals surface area contributed by atoms with Gasteiger partial charge in [0, 0.05) is 30.6 Å². The normalized spacial score (nSPS) is 15.7. The van der Waals surface area contributed by atoms with Gasteiger partial charge in [-0.1, -0.05) is 20.8 Å². The average Bonchev–Trinajstić information content (AvgIpc) is 3.12. The van der Waals surface area contributed by atoms with Gasteiger partial charge >= 0.3 is 5.97 Å². The zero-order chi connectivity index (χ0) is 24.4. The van der Waals surface area contributed by atoms with Crippen molar-refractivity contribution in [1.29, 1.82) is 0 Å². The third-order valence-electron chi connectivity index (χ3n) is 5.80. The van der Waals surface area contributed by atoms with E-state index in [-0.39, 0.29) is 30.0 Å². The maximum atomic E-state index is 14.4. The van der Waals surface area contributed by atoms with Crippen LogP contribution in [0.3, 0.4) is 0 Å². The Morgan fingerprint density at radius 1 is 1.18 bits per heavy atom. The SMILES string of the molecule is CC1CC(=O)N(Cc2cc(F)c(C(=O)O)cc2Oc2ccc(-c3ccc(C(C)C)nn3)cc2)C1. The van der Waals surface area contributed by atoms with Gasteiger partial charge in [0.1, 0.15) is 17.3 Å². The van der Waals surface area contributed by atoms with Gasteiger partial charge in [0.05, 0.1) is 17.0 Å². The van der Waals surface area contributed by atoms with Crippen LogP contribution >= 0.6 is 0 Å². The number of rotatable bonds is 7. The highest BCUT2D eigenvalue weighted by Crippen LogP contribution is 2.32. The second-order valence-electron chi connectivity index (χ2n) is 8.95. The maximum Gasteiger partial charge on any atom is 0.338 e. The molecule has 1 aliphatic rings. The number of carboxylic acid groups (broad SMARTS) is 1. The van der Waals surface area contributed by atoms with E-state index in [4.69, 9.17) is 4.74 Å². The van der Waals surface area contributed by atoms with E-state index in [1.807, 2.05) is 31.2 Å². The van der Waals surface area contributed by atoms with Crippen LogP contribution in [0.25, 0.3) is 11.3 Å². The first-order valence-electron chi connectivity index (χ1n) is 11.2. The molecule has 1 amide bonds. The maximum absolute atomic E-state index is 14.4. The topological polar surface area (TPSA) is 92.6 Å². The van der Waals surface area contributed by atoms with Crippen molar-refractivity contribution in [3.63, 3.8) is 0 Å². The van der Waals surface area contributed by atoms with Crippen molar-refractivity contribution in [3.05, 3.63) is 71.2 Å². The van der Waals surface area contributed by atoms with Crippen LogP contribution in [-0.2, 0) is 11.3 Å². The predicted octanol–water partition coefficient (Wildman–Crippen LogP) is 5.27. The van der Waals surface area contributed by atoms with Crippen LogP contribution < -0.4 is 4.74 Å². The quantitative estimate of drug-likeness (QED) is 0.513. The molecule has 176 valence electrons. The van der Waals surface area contributed by atoms with Crippen molar-refractivity contribution < 1.29 is 23.8 Å². The number of hydrogen-bond acceptors (Lipinski definition) is 5. The molecule has 0 radical (unpaired) electrons. The van der Waals surface area contributed by atoms with Crippen molar-refractivity contribution in [2.75, 3.05) is 6.54 Å². The van der Waals surface area contributed by atoms with E-state index >= 15 is 0 Å². The van der Waals surface area contributed by atoms with Crippen LogP contribution in [0.15, 0.2) is 48.5 Å². The number of nitrogens with zero attached hydrogens (tertiary/aromatic N) is 3. The van der Waals surface area contributed by atoms with Gasteiger partial charge in [0.25, 0.3) is 0 Å². The van der Waals surface area contributed by atoms with Crippen LogP contribution in [0.4, 0.5) is 4.39 Å². The van der Waals surface area contributed by atoms with E-state index < -0.39 is 17.3 Å². The van der Waals surface area contributed by atoms with Gasteiger partial charge in [-0.3, -0.25) is 4.79 Å². The molecular weight excluding hydrogens is 437 g/mol. The summed E-state index contributed by atoms with van der Waals surface area (Å²) in [4.78, 5) is 25.3. The number of benzene rings is 2. The highest BCUT2D eigenvalue weighted by molar-refractivity contribution is 5.88. The molecule has 3 aromatic rings. The van der Waals surface area contributed by atoms with Crippen molar-refractivity contribution in [1.82, 2.24) is 15.1 Å². The molecule has 0 saturated carbocycles. The number of aromatic nitrogens is 2. The van der Waals surface area contributed by atoms with Crippen LogP contribution in [-0.4, -0.2) is 38.6 Å². The second kappa shape index (κ2) is 9.59. The van der Waals surface area contributed by atoms with Gasteiger partial charge in [-0.25, -0.2) is 9.18 Å². The summed E-state index contributed by atoms with van der Waals surface area (Å²) in [5.41, 5.74) is 2.39. The zero-order valence-electron chi connectivity index (χ0n) is 19.3. The van der Waals surface area contributed by atoms with Crippen molar-refractivity contribution in [3.8, 4) is 22.8 Å². The monoisotopic (exact) mass is 463 g/mol. The van der Waals surface area contributed by atoms with Gasteiger partial charge in [-0.2, -0.15) is 10.2 Å². The Bertz CT molecular complexity index is 1210. The van der Waals surface area contributed by atoms with E-state index in [1.165, 1.54) is 6.07 Å². The first-order chi connectivity index (χ1) is 16.2. The Balaban J connectivity index is 1.59. The lowest BCUT2D eigenvalue weighted by Gasteiger charge is -2.19. The van der Waals surface area contributed by atoms with Gasteiger partial charge in [-0.05, 0) is 60.4 Å². The summed E-state index contributed by atoms with van der Waals surface area (Å²) >= 11 is 0. The molecule has 1 aromatic heterocycles. The third kappa shape index (κ3) is 5.06. The number of aromatic carboxylic acids is 1. The lowest BCUT2D eigenvalue weighted by Crippen LogP contribution is -2.25. The molecule has 4 rings (SSSR count). The molecule has 1 fully saturated rings. The number of hydrogen-bond donors (Lipinski definition) is 1. The number of likely N-dealkylation sites (tertiary alicyclic amines) is 1. The van der Waals surface area contributed by atoms with E-state index in [9.17, 15) is 19.1 Å². The fraction of sp³-hybridized carbons (Fsp3) is 0.308. The largest absolute Gasteiger partial charge is 0.478 e. The molecule has 0 aliphatic carbocycles. The number of ether oxygens (including phenoxy) is 1. The van der Waals surface area contributed by atoms with E-state index in [2.05, 4.69) is 24.0 Å². The molecule has 1 saturated heterocycles. The number of halogens is 1. The number of amides is 1.